The van der Waals surface area contributed by atoms with Gasteiger partial charge in [0.2, 0.25) is 0 Å². The topological polar surface area (TPSA) is 42.0 Å². The van der Waals surface area contributed by atoms with E-state index in [1.807, 2.05) is 37.3 Å². The molecule has 0 aliphatic rings. The molecule has 0 spiro atoms. The molecule has 1 heterocycles. The molecule has 1 amide bonds. The van der Waals surface area contributed by atoms with Crippen LogP contribution in [0.3, 0.4) is 0 Å². The van der Waals surface area contributed by atoms with Gasteiger partial charge < -0.3 is 0 Å². The van der Waals surface area contributed by atoms with Gasteiger partial charge in [0.05, 0.1) is 10.7 Å². The van der Waals surface area contributed by atoms with Crippen molar-refractivity contribution in [1.82, 2.24) is 4.98 Å². The molecule has 2 aromatic carbocycles. The van der Waals surface area contributed by atoms with Crippen LogP contribution in [-0.2, 0) is 6.42 Å². The van der Waals surface area contributed by atoms with E-state index in [1.165, 1.54) is 11.3 Å². The number of amides is 1. The summed E-state index contributed by atoms with van der Waals surface area (Å²) >= 11 is 14.4. The van der Waals surface area contributed by atoms with E-state index in [-0.39, 0.29) is 5.91 Å². The zero-order valence-corrected chi connectivity index (χ0v) is 17.9. The van der Waals surface area contributed by atoms with Crippen LogP contribution in [0, 0.1) is 6.92 Å². The number of carbonyl (C=O) groups excluding carboxylic acids is 1. The second kappa shape index (κ2) is 7.99. The first-order valence-electron chi connectivity index (χ1n) is 7.39. The standard InChI is InChI=1S/C18H13Br2ClN2OS/c1-10-16(9-11-2-7-14(20)15(21)8-11)25-18(22-10)23-17(24)12-3-5-13(19)6-4-12/h2-8H,9H2,1H3,(H,22,23,24). The smallest absolute Gasteiger partial charge is 0.257 e. The first-order valence-corrected chi connectivity index (χ1v) is 10.2. The molecule has 3 nitrogen and oxygen atoms in total. The summed E-state index contributed by atoms with van der Waals surface area (Å²) in [5.74, 6) is -0.167. The van der Waals surface area contributed by atoms with Gasteiger partial charge in [-0.2, -0.15) is 0 Å². The molecule has 1 aromatic heterocycles. The van der Waals surface area contributed by atoms with Crippen LogP contribution in [0.25, 0.3) is 0 Å². The van der Waals surface area contributed by atoms with Crippen molar-refractivity contribution in [3.63, 3.8) is 0 Å². The molecule has 3 aromatic rings. The fraction of sp³-hybridized carbons (Fsp3) is 0.111. The maximum absolute atomic E-state index is 12.3. The van der Waals surface area contributed by atoms with E-state index in [1.54, 1.807) is 12.1 Å². The third-order valence-corrected chi connectivity index (χ3v) is 6.40. The van der Waals surface area contributed by atoms with E-state index in [0.717, 1.165) is 31.5 Å². The number of hydrogen-bond donors (Lipinski definition) is 1. The van der Waals surface area contributed by atoms with Crippen molar-refractivity contribution in [2.75, 3.05) is 5.32 Å². The normalized spacial score (nSPS) is 10.7. The molecule has 0 atom stereocenters. The van der Waals surface area contributed by atoms with Crippen molar-refractivity contribution in [2.45, 2.75) is 13.3 Å². The van der Waals surface area contributed by atoms with E-state index in [0.29, 0.717) is 15.7 Å². The number of nitrogens with zero attached hydrogens (tertiary/aromatic N) is 1. The van der Waals surface area contributed by atoms with Gasteiger partial charge in [0, 0.05) is 25.8 Å². The van der Waals surface area contributed by atoms with Crippen molar-refractivity contribution in [2.24, 2.45) is 0 Å². The summed E-state index contributed by atoms with van der Waals surface area (Å²) in [4.78, 5) is 17.9. The molecule has 0 bridgehead atoms. The van der Waals surface area contributed by atoms with E-state index in [9.17, 15) is 4.79 Å². The monoisotopic (exact) mass is 498 g/mol. The predicted molar refractivity (Wildman–Crippen MR) is 111 cm³/mol. The van der Waals surface area contributed by atoms with Gasteiger partial charge in [-0.15, -0.1) is 11.3 Å². The van der Waals surface area contributed by atoms with Gasteiger partial charge in [-0.1, -0.05) is 33.6 Å². The van der Waals surface area contributed by atoms with Gasteiger partial charge in [-0.25, -0.2) is 4.98 Å². The van der Waals surface area contributed by atoms with E-state index < -0.39 is 0 Å². The molecule has 0 radical (unpaired) electrons. The zero-order chi connectivity index (χ0) is 18.0. The van der Waals surface area contributed by atoms with E-state index >= 15 is 0 Å². The van der Waals surface area contributed by atoms with Crippen LogP contribution >= 0.6 is 54.8 Å². The van der Waals surface area contributed by atoms with Crippen LogP contribution in [0.15, 0.2) is 51.4 Å². The number of benzene rings is 2. The summed E-state index contributed by atoms with van der Waals surface area (Å²) in [7, 11) is 0. The van der Waals surface area contributed by atoms with Crippen LogP contribution in [-0.4, -0.2) is 10.9 Å². The highest BCUT2D eigenvalue weighted by Crippen LogP contribution is 2.28. The Bertz CT molecular complexity index is 925. The molecule has 128 valence electrons. The summed E-state index contributed by atoms with van der Waals surface area (Å²) in [6.45, 7) is 1.95. The molecule has 0 aliphatic heterocycles. The van der Waals surface area contributed by atoms with Gasteiger partial charge in [-0.3, -0.25) is 10.1 Å². The SMILES string of the molecule is Cc1nc(NC(=O)c2ccc(Br)cc2)sc1Cc1ccc(Br)c(Cl)c1. The fourth-order valence-electron chi connectivity index (χ4n) is 2.25. The lowest BCUT2D eigenvalue weighted by Gasteiger charge is -2.02. The molecule has 25 heavy (non-hydrogen) atoms. The van der Waals surface area contributed by atoms with Crippen molar-refractivity contribution in [3.05, 3.63) is 78.1 Å². The summed E-state index contributed by atoms with van der Waals surface area (Å²) < 4.78 is 1.81. The van der Waals surface area contributed by atoms with Crippen LogP contribution in [0.1, 0.15) is 26.5 Å². The molecule has 0 aliphatic carbocycles. The van der Waals surface area contributed by atoms with Crippen molar-refractivity contribution in [3.8, 4) is 0 Å². The summed E-state index contributed by atoms with van der Waals surface area (Å²) in [6.07, 6.45) is 0.727. The number of halogens is 3. The molecule has 1 N–H and O–H groups in total. The summed E-state index contributed by atoms with van der Waals surface area (Å²) in [5.41, 5.74) is 2.61. The average molecular weight is 501 g/mol. The largest absolute Gasteiger partial charge is 0.298 e. The van der Waals surface area contributed by atoms with Crippen molar-refractivity contribution >= 4 is 65.8 Å². The van der Waals surface area contributed by atoms with Gasteiger partial charge in [0.25, 0.3) is 5.91 Å². The number of aromatic nitrogens is 1. The predicted octanol–water partition coefficient (Wildman–Crippen LogP) is 6.47. The minimum absolute atomic E-state index is 0.167. The zero-order valence-electron chi connectivity index (χ0n) is 13.1. The molecular weight excluding hydrogens is 488 g/mol. The van der Waals surface area contributed by atoms with Crippen LogP contribution < -0.4 is 5.32 Å². The van der Waals surface area contributed by atoms with Crippen LogP contribution in [0.4, 0.5) is 5.13 Å². The Kier molecular flexibility index (Phi) is 5.94. The Balaban J connectivity index is 1.74. The number of thiazole rings is 1. The van der Waals surface area contributed by atoms with Crippen LogP contribution in [0.5, 0.6) is 0 Å². The quantitative estimate of drug-likeness (QED) is 0.446. The van der Waals surface area contributed by atoms with Gasteiger partial charge in [0.15, 0.2) is 5.13 Å². The highest BCUT2D eigenvalue weighted by atomic mass is 79.9. The number of anilines is 1. The van der Waals surface area contributed by atoms with Gasteiger partial charge in [-0.05, 0) is 64.8 Å². The summed E-state index contributed by atoms with van der Waals surface area (Å²) in [6, 6.07) is 13.1. The van der Waals surface area contributed by atoms with Gasteiger partial charge >= 0.3 is 0 Å². The third kappa shape index (κ3) is 4.70. The lowest BCUT2D eigenvalue weighted by atomic mass is 10.1. The Morgan fingerprint density at radius 2 is 1.92 bits per heavy atom. The Hall–Kier alpha value is -1.21. The second-order valence-corrected chi connectivity index (χ2v) is 8.67. The summed E-state index contributed by atoms with van der Waals surface area (Å²) in [5, 5.41) is 4.15. The maximum Gasteiger partial charge on any atom is 0.257 e. The maximum atomic E-state index is 12.3. The first-order chi connectivity index (χ1) is 11.9. The number of nitrogens with one attached hydrogen (secondary N) is 1. The van der Waals surface area contributed by atoms with Crippen molar-refractivity contribution < 1.29 is 4.79 Å². The Labute approximate surface area is 171 Å². The molecule has 0 fully saturated rings. The lowest BCUT2D eigenvalue weighted by Crippen LogP contribution is -2.11. The Morgan fingerprint density at radius 3 is 2.60 bits per heavy atom. The first kappa shape index (κ1) is 18.6. The Morgan fingerprint density at radius 1 is 1.20 bits per heavy atom. The number of carbonyl (C=O) groups is 1. The molecule has 3 rings (SSSR count). The average Bonchev–Trinajstić information content (AvgIpc) is 2.91. The fourth-order valence-corrected chi connectivity index (χ4v) is 3.96. The van der Waals surface area contributed by atoms with E-state index in [2.05, 4.69) is 42.2 Å². The molecule has 0 saturated heterocycles. The van der Waals surface area contributed by atoms with Crippen LogP contribution in [0.2, 0.25) is 5.02 Å². The highest BCUT2D eigenvalue weighted by Gasteiger charge is 2.13. The second-order valence-electron chi connectivity index (χ2n) is 5.41. The minimum Gasteiger partial charge on any atom is -0.298 e. The molecule has 7 heteroatoms. The number of hydrogen-bond acceptors (Lipinski definition) is 3. The number of rotatable bonds is 4. The molecule has 0 saturated carbocycles. The molecular formula is C18H13Br2ClN2OS. The van der Waals surface area contributed by atoms with E-state index in [4.69, 9.17) is 11.6 Å². The van der Waals surface area contributed by atoms with Crippen molar-refractivity contribution in [1.29, 1.82) is 0 Å². The third-order valence-electron chi connectivity index (χ3n) is 3.57. The van der Waals surface area contributed by atoms with Gasteiger partial charge in [0.1, 0.15) is 0 Å². The number of aryl methyl sites for hydroxylation is 1. The molecule has 0 unspecified atom stereocenters. The lowest BCUT2D eigenvalue weighted by molar-refractivity contribution is 0.102. The minimum atomic E-state index is -0.167. The highest BCUT2D eigenvalue weighted by molar-refractivity contribution is 9.10.